The Morgan fingerprint density at radius 3 is 2.64 bits per heavy atom. The summed E-state index contributed by atoms with van der Waals surface area (Å²) in [4.78, 5) is 18.5. The van der Waals surface area contributed by atoms with Crippen LogP contribution in [0.2, 0.25) is 0 Å². The van der Waals surface area contributed by atoms with Gasteiger partial charge in [-0.1, -0.05) is 18.7 Å². The zero-order valence-electron chi connectivity index (χ0n) is 16.0. The second kappa shape index (κ2) is 7.32. The van der Waals surface area contributed by atoms with Gasteiger partial charge in [-0.3, -0.25) is 4.79 Å². The van der Waals surface area contributed by atoms with Crippen molar-refractivity contribution in [2.75, 3.05) is 19.7 Å². The maximum Gasteiger partial charge on any atom is 0.260 e. The zero-order chi connectivity index (χ0) is 19.9. The number of nitrogens with one attached hydrogen (secondary N) is 1. The van der Waals surface area contributed by atoms with Crippen LogP contribution in [-0.2, 0) is 14.8 Å². The van der Waals surface area contributed by atoms with Crippen molar-refractivity contribution in [2.24, 2.45) is 11.8 Å². The summed E-state index contributed by atoms with van der Waals surface area (Å²) < 4.78 is 27.8. The normalized spacial score (nSPS) is 23.6. The zero-order valence-corrected chi connectivity index (χ0v) is 16.9. The van der Waals surface area contributed by atoms with E-state index in [1.165, 1.54) is 6.07 Å². The number of aromatic nitrogens is 3. The van der Waals surface area contributed by atoms with Gasteiger partial charge in [0.1, 0.15) is 11.0 Å². The van der Waals surface area contributed by atoms with Crippen LogP contribution in [0.1, 0.15) is 33.1 Å². The Hall–Kier alpha value is -2.20. The molecule has 0 bridgehead atoms. The minimum absolute atomic E-state index is 0.177. The lowest BCUT2D eigenvalue weighted by molar-refractivity contribution is -0.126. The van der Waals surface area contributed by atoms with Crippen molar-refractivity contribution in [1.82, 2.24) is 24.8 Å². The van der Waals surface area contributed by atoms with Gasteiger partial charge in [0.2, 0.25) is 10.0 Å². The average Bonchev–Trinajstić information content (AvgIpc) is 3.36. The summed E-state index contributed by atoms with van der Waals surface area (Å²) in [6, 6.07) is 4.90. The number of piperidine rings is 1. The molecule has 2 fully saturated rings. The summed E-state index contributed by atoms with van der Waals surface area (Å²) in [7, 11) is -3.62. The number of fused-ring (bicyclic) bond motifs is 1. The smallest absolute Gasteiger partial charge is 0.260 e. The third kappa shape index (κ3) is 3.97. The molecule has 1 saturated carbocycles. The van der Waals surface area contributed by atoms with Crippen molar-refractivity contribution in [3.8, 4) is 0 Å². The highest BCUT2D eigenvalue weighted by Crippen LogP contribution is 2.27. The fraction of sp³-hybridized carbons (Fsp3) is 0.611. The maximum absolute atomic E-state index is 13.1. The monoisotopic (exact) mass is 407 g/mol. The Kier molecular flexibility index (Phi) is 5.00. The molecular formula is C18H25N5O4S. The number of carbonyl (C=O) groups is 1. The predicted molar refractivity (Wildman–Crippen MR) is 102 cm³/mol. The third-order valence-electron chi connectivity index (χ3n) is 5.12. The molecule has 2 heterocycles. The summed E-state index contributed by atoms with van der Waals surface area (Å²) in [6.45, 7) is 4.97. The second-order valence-corrected chi connectivity index (χ2v) is 9.93. The van der Waals surface area contributed by atoms with Gasteiger partial charge in [-0.25, -0.2) is 8.42 Å². The van der Waals surface area contributed by atoms with Crippen LogP contribution >= 0.6 is 0 Å². The van der Waals surface area contributed by atoms with Gasteiger partial charge in [0.15, 0.2) is 6.61 Å². The van der Waals surface area contributed by atoms with Gasteiger partial charge in [-0.15, -0.1) is 5.10 Å². The number of rotatable bonds is 6. The summed E-state index contributed by atoms with van der Waals surface area (Å²) in [5.41, 5.74) is 0.917. The minimum atomic E-state index is -3.62. The molecule has 28 heavy (non-hydrogen) atoms. The summed E-state index contributed by atoms with van der Waals surface area (Å²) in [5, 5.41) is 10.7. The fourth-order valence-corrected chi connectivity index (χ4v) is 5.40. The van der Waals surface area contributed by atoms with Crippen molar-refractivity contribution < 1.29 is 18.0 Å². The van der Waals surface area contributed by atoms with Crippen molar-refractivity contribution in [1.29, 1.82) is 0 Å². The van der Waals surface area contributed by atoms with E-state index in [1.807, 2.05) is 0 Å². The van der Waals surface area contributed by atoms with Crippen molar-refractivity contribution in [2.45, 2.75) is 44.0 Å². The highest BCUT2D eigenvalue weighted by Gasteiger charge is 2.32. The number of carbonyl (C=O) groups excluding carboxylic acids is 1. The standard InChI is InChI=1S/C18H25N5O4S/c1-12-7-13(2)10-22(9-12)28(25,26)15-5-6-16-17(8-15)23(21-20-16)27-11-18(24)19-14-3-4-14/h5-6,8,12-14H,3-4,7,9-11H2,1-2H3,(H,19,24)/t12-,13-/m1/s1. The molecule has 2 aliphatic rings. The van der Waals surface area contributed by atoms with Crippen LogP contribution in [0, 0.1) is 11.8 Å². The van der Waals surface area contributed by atoms with E-state index in [2.05, 4.69) is 29.5 Å². The molecule has 1 N–H and O–H groups in total. The van der Waals surface area contributed by atoms with E-state index < -0.39 is 10.0 Å². The summed E-state index contributed by atoms with van der Waals surface area (Å²) in [6.07, 6.45) is 3.01. The molecule has 4 rings (SSSR count). The van der Waals surface area contributed by atoms with Gasteiger partial charge in [0.05, 0.1) is 4.90 Å². The number of nitrogens with zero attached hydrogens (tertiary/aromatic N) is 4. The Morgan fingerprint density at radius 2 is 1.96 bits per heavy atom. The highest BCUT2D eigenvalue weighted by atomic mass is 32.2. The Balaban J connectivity index is 1.55. The van der Waals surface area contributed by atoms with Crippen molar-refractivity contribution >= 4 is 27.0 Å². The predicted octanol–water partition coefficient (Wildman–Crippen LogP) is 0.805. The second-order valence-electron chi connectivity index (χ2n) is 8.00. The maximum atomic E-state index is 13.1. The molecule has 2 atom stereocenters. The number of benzene rings is 1. The summed E-state index contributed by atoms with van der Waals surface area (Å²) >= 11 is 0. The molecule has 1 aromatic carbocycles. The quantitative estimate of drug-likeness (QED) is 0.759. The van der Waals surface area contributed by atoms with Crippen LogP contribution in [0.5, 0.6) is 0 Å². The molecular weight excluding hydrogens is 382 g/mol. The number of sulfonamides is 1. The molecule has 0 radical (unpaired) electrons. The van der Waals surface area contributed by atoms with E-state index >= 15 is 0 Å². The van der Waals surface area contributed by atoms with Gasteiger partial charge in [-0.05, 0) is 54.5 Å². The fourth-order valence-electron chi connectivity index (χ4n) is 3.70. The lowest BCUT2D eigenvalue weighted by atomic mass is 9.94. The number of hydrogen-bond donors (Lipinski definition) is 1. The molecule has 0 unspecified atom stereocenters. The highest BCUT2D eigenvalue weighted by molar-refractivity contribution is 7.89. The first-order valence-corrected chi connectivity index (χ1v) is 11.0. The number of hydrogen-bond acceptors (Lipinski definition) is 6. The minimum Gasteiger partial charge on any atom is -0.385 e. The Labute approximate surface area is 164 Å². The molecule has 1 aliphatic heterocycles. The van der Waals surface area contributed by atoms with Gasteiger partial charge in [0.25, 0.3) is 5.91 Å². The van der Waals surface area contributed by atoms with Crippen LogP contribution in [0.15, 0.2) is 23.1 Å². The van der Waals surface area contributed by atoms with Crippen LogP contribution in [-0.4, -0.2) is 59.5 Å². The van der Waals surface area contributed by atoms with Crippen molar-refractivity contribution in [3.05, 3.63) is 18.2 Å². The van der Waals surface area contributed by atoms with Gasteiger partial charge >= 0.3 is 0 Å². The van der Waals surface area contributed by atoms with E-state index in [1.54, 1.807) is 16.4 Å². The molecule has 1 saturated heterocycles. The van der Waals surface area contributed by atoms with Crippen LogP contribution in [0.25, 0.3) is 11.0 Å². The summed E-state index contributed by atoms with van der Waals surface area (Å²) in [5.74, 6) is 0.414. The molecule has 1 aromatic heterocycles. The molecule has 9 nitrogen and oxygen atoms in total. The number of amides is 1. The van der Waals surface area contributed by atoms with Crippen molar-refractivity contribution in [3.63, 3.8) is 0 Å². The van der Waals surface area contributed by atoms with E-state index in [-0.39, 0.29) is 23.5 Å². The lowest BCUT2D eigenvalue weighted by Gasteiger charge is -2.34. The van der Waals surface area contributed by atoms with Crippen LogP contribution in [0.3, 0.4) is 0 Å². The lowest BCUT2D eigenvalue weighted by Crippen LogP contribution is -2.42. The van der Waals surface area contributed by atoms with E-state index in [0.29, 0.717) is 36.0 Å². The SMILES string of the molecule is C[C@@H]1C[C@@H](C)CN(S(=O)(=O)c2ccc3nnn(OCC(=O)NC4CC4)c3c2)C1. The topological polar surface area (TPSA) is 106 Å². The van der Waals surface area contributed by atoms with Gasteiger partial charge in [0, 0.05) is 19.1 Å². The average molecular weight is 407 g/mol. The Bertz CT molecular complexity index is 975. The molecule has 2 aromatic rings. The van der Waals surface area contributed by atoms with E-state index in [4.69, 9.17) is 4.84 Å². The molecule has 152 valence electrons. The van der Waals surface area contributed by atoms with Gasteiger partial charge < -0.3 is 10.2 Å². The van der Waals surface area contributed by atoms with Gasteiger partial charge in [-0.2, -0.15) is 4.31 Å². The van der Waals surface area contributed by atoms with Crippen LogP contribution < -0.4 is 10.2 Å². The van der Waals surface area contributed by atoms with Crippen LogP contribution in [0.4, 0.5) is 0 Å². The largest absolute Gasteiger partial charge is 0.385 e. The third-order valence-corrected chi connectivity index (χ3v) is 6.95. The first kappa shape index (κ1) is 19.1. The first-order valence-electron chi connectivity index (χ1n) is 9.61. The molecule has 1 amide bonds. The van der Waals surface area contributed by atoms with E-state index in [0.717, 1.165) is 24.1 Å². The van der Waals surface area contributed by atoms with E-state index in [9.17, 15) is 13.2 Å². The Morgan fingerprint density at radius 1 is 1.25 bits per heavy atom. The molecule has 10 heteroatoms. The molecule has 1 aliphatic carbocycles. The first-order chi connectivity index (χ1) is 13.3. The molecule has 0 spiro atoms.